The molecule has 1 fully saturated rings. The highest BCUT2D eigenvalue weighted by atomic mass is 32.2. The summed E-state index contributed by atoms with van der Waals surface area (Å²) in [4.78, 5) is 2.28. The van der Waals surface area contributed by atoms with Crippen LogP contribution in [-0.4, -0.2) is 50.5 Å². The Hall–Kier alpha value is -0.130. The Morgan fingerprint density at radius 2 is 1.82 bits per heavy atom. The van der Waals surface area contributed by atoms with Crippen molar-refractivity contribution in [3.8, 4) is 0 Å². The summed E-state index contributed by atoms with van der Waals surface area (Å²) < 4.78 is 23.1. The summed E-state index contributed by atoms with van der Waals surface area (Å²) >= 11 is 0. The predicted octanol–water partition coefficient (Wildman–Crippen LogP) is 1.01. The van der Waals surface area contributed by atoms with Gasteiger partial charge in [-0.25, -0.2) is 8.42 Å². The van der Waals surface area contributed by atoms with Gasteiger partial charge in [-0.3, -0.25) is 4.90 Å². The van der Waals surface area contributed by atoms with Crippen molar-refractivity contribution in [2.75, 3.05) is 31.1 Å². The van der Waals surface area contributed by atoms with Gasteiger partial charge in [0.25, 0.3) is 0 Å². The second-order valence-corrected chi connectivity index (χ2v) is 7.33. The van der Waals surface area contributed by atoms with Crippen molar-refractivity contribution < 1.29 is 8.42 Å². The molecule has 1 aliphatic rings. The fourth-order valence-corrected chi connectivity index (χ4v) is 3.29. The Balaban J connectivity index is 2.47. The Kier molecular flexibility index (Phi) is 6.44. The fraction of sp³-hybridized carbons (Fsp3) is 1.00. The lowest BCUT2D eigenvalue weighted by molar-refractivity contribution is 0.169. The summed E-state index contributed by atoms with van der Waals surface area (Å²) in [6.45, 7) is 3.80. The zero-order valence-corrected chi connectivity index (χ0v) is 11.7. The van der Waals surface area contributed by atoms with Crippen LogP contribution in [0.4, 0.5) is 0 Å². The van der Waals surface area contributed by atoms with Gasteiger partial charge < -0.3 is 5.73 Å². The van der Waals surface area contributed by atoms with Gasteiger partial charge in [0.2, 0.25) is 0 Å². The average molecular weight is 262 g/mol. The van der Waals surface area contributed by atoms with Gasteiger partial charge in [0.1, 0.15) is 0 Å². The summed E-state index contributed by atoms with van der Waals surface area (Å²) in [6, 6.07) is 0.555. The van der Waals surface area contributed by atoms with Crippen LogP contribution in [-0.2, 0) is 9.84 Å². The second kappa shape index (κ2) is 7.34. The van der Waals surface area contributed by atoms with Gasteiger partial charge in [0, 0.05) is 31.4 Å². The smallest absolute Gasteiger partial charge is 0.151 e. The quantitative estimate of drug-likeness (QED) is 0.744. The lowest BCUT2D eigenvalue weighted by atomic mass is 9.94. The lowest BCUT2D eigenvalue weighted by Crippen LogP contribution is -2.42. The lowest BCUT2D eigenvalue weighted by Gasteiger charge is -2.34. The van der Waals surface area contributed by atoms with E-state index in [2.05, 4.69) is 4.90 Å². The molecule has 0 spiro atoms. The summed E-state index contributed by atoms with van der Waals surface area (Å²) in [6.07, 6.45) is 6.26. The van der Waals surface area contributed by atoms with Crippen LogP contribution >= 0.6 is 0 Å². The monoisotopic (exact) mass is 262 g/mol. The predicted molar refractivity (Wildman–Crippen MR) is 71.8 cm³/mol. The third-order valence-electron chi connectivity index (χ3n) is 3.64. The number of rotatable bonds is 7. The molecule has 0 aromatic carbocycles. The second-order valence-electron chi connectivity index (χ2n) is 4.85. The molecule has 0 aliphatic heterocycles. The SMILES string of the molecule is CCS(=O)(=O)CCN(CCN)C1CCCCC1. The van der Waals surface area contributed by atoms with Crippen LogP contribution in [0, 0.1) is 0 Å². The first kappa shape index (κ1) is 14.9. The summed E-state index contributed by atoms with van der Waals surface area (Å²) in [5.41, 5.74) is 5.62. The minimum absolute atomic E-state index is 0.244. The molecule has 0 unspecified atom stereocenters. The molecule has 0 atom stereocenters. The van der Waals surface area contributed by atoms with E-state index < -0.39 is 9.84 Å². The first-order valence-corrected chi connectivity index (χ1v) is 8.55. The molecule has 2 N–H and O–H groups in total. The Bertz CT molecular complexity index is 298. The van der Waals surface area contributed by atoms with Gasteiger partial charge in [-0.2, -0.15) is 0 Å². The zero-order chi connectivity index (χ0) is 12.7. The highest BCUT2D eigenvalue weighted by molar-refractivity contribution is 7.91. The van der Waals surface area contributed by atoms with Crippen LogP contribution in [0.25, 0.3) is 0 Å². The maximum absolute atomic E-state index is 11.5. The van der Waals surface area contributed by atoms with E-state index in [-0.39, 0.29) is 11.5 Å². The topological polar surface area (TPSA) is 63.4 Å². The van der Waals surface area contributed by atoms with Crippen LogP contribution in [0.2, 0.25) is 0 Å². The standard InChI is InChI=1S/C12H26N2O2S/c1-2-17(15,16)11-10-14(9-8-13)12-6-4-3-5-7-12/h12H,2-11,13H2,1H3. The molecule has 0 saturated heterocycles. The molecular formula is C12H26N2O2S. The molecule has 0 aromatic rings. The first-order valence-electron chi connectivity index (χ1n) is 6.73. The molecule has 5 heteroatoms. The van der Waals surface area contributed by atoms with Gasteiger partial charge in [-0.1, -0.05) is 26.2 Å². The van der Waals surface area contributed by atoms with Crippen LogP contribution in [0.15, 0.2) is 0 Å². The Morgan fingerprint density at radius 1 is 1.18 bits per heavy atom. The molecule has 1 aliphatic carbocycles. The van der Waals surface area contributed by atoms with Crippen molar-refractivity contribution in [3.05, 3.63) is 0 Å². The minimum Gasteiger partial charge on any atom is -0.329 e. The van der Waals surface area contributed by atoms with E-state index in [0.29, 0.717) is 19.1 Å². The number of hydrogen-bond acceptors (Lipinski definition) is 4. The van der Waals surface area contributed by atoms with Crippen molar-refractivity contribution in [3.63, 3.8) is 0 Å². The highest BCUT2D eigenvalue weighted by Crippen LogP contribution is 2.22. The van der Waals surface area contributed by atoms with Crippen molar-refractivity contribution in [1.82, 2.24) is 4.90 Å². The fourth-order valence-electron chi connectivity index (χ4n) is 2.49. The van der Waals surface area contributed by atoms with Crippen LogP contribution in [0.5, 0.6) is 0 Å². The number of nitrogens with zero attached hydrogens (tertiary/aromatic N) is 1. The van der Waals surface area contributed by atoms with Crippen molar-refractivity contribution >= 4 is 9.84 Å². The molecular weight excluding hydrogens is 236 g/mol. The van der Waals surface area contributed by atoms with Gasteiger partial charge >= 0.3 is 0 Å². The van der Waals surface area contributed by atoms with E-state index in [1.807, 2.05) is 0 Å². The molecule has 0 radical (unpaired) electrons. The minimum atomic E-state index is -2.85. The van der Waals surface area contributed by atoms with Gasteiger partial charge in [0.15, 0.2) is 9.84 Å². The van der Waals surface area contributed by atoms with Gasteiger partial charge in [-0.15, -0.1) is 0 Å². The normalized spacial score (nSPS) is 18.8. The van der Waals surface area contributed by atoms with Crippen molar-refractivity contribution in [1.29, 1.82) is 0 Å². The van der Waals surface area contributed by atoms with E-state index >= 15 is 0 Å². The van der Waals surface area contributed by atoms with E-state index in [1.54, 1.807) is 6.92 Å². The summed E-state index contributed by atoms with van der Waals surface area (Å²) in [5, 5.41) is 0. The Morgan fingerprint density at radius 3 is 2.35 bits per heavy atom. The van der Waals surface area contributed by atoms with Crippen LogP contribution in [0.1, 0.15) is 39.0 Å². The molecule has 102 valence electrons. The van der Waals surface area contributed by atoms with Crippen molar-refractivity contribution in [2.45, 2.75) is 45.1 Å². The van der Waals surface area contributed by atoms with Crippen molar-refractivity contribution in [2.24, 2.45) is 5.73 Å². The highest BCUT2D eigenvalue weighted by Gasteiger charge is 2.21. The number of sulfone groups is 1. The first-order chi connectivity index (χ1) is 8.09. The van der Waals surface area contributed by atoms with Crippen LogP contribution in [0.3, 0.4) is 0 Å². The molecule has 0 bridgehead atoms. The maximum atomic E-state index is 11.5. The largest absolute Gasteiger partial charge is 0.329 e. The summed E-state index contributed by atoms with van der Waals surface area (Å²) in [5.74, 6) is 0.522. The van der Waals surface area contributed by atoms with E-state index in [0.717, 1.165) is 6.54 Å². The number of hydrogen-bond donors (Lipinski definition) is 1. The van der Waals surface area contributed by atoms with Gasteiger partial charge in [0.05, 0.1) is 5.75 Å². The molecule has 1 saturated carbocycles. The Labute approximate surface area is 105 Å². The van der Waals surface area contributed by atoms with E-state index in [9.17, 15) is 8.42 Å². The van der Waals surface area contributed by atoms with Crippen LogP contribution < -0.4 is 5.73 Å². The molecule has 0 aromatic heterocycles. The summed E-state index contributed by atoms with van der Waals surface area (Å²) in [7, 11) is -2.85. The molecule has 0 heterocycles. The molecule has 4 nitrogen and oxygen atoms in total. The zero-order valence-electron chi connectivity index (χ0n) is 10.9. The average Bonchev–Trinajstić information content (AvgIpc) is 2.35. The molecule has 0 amide bonds. The van der Waals surface area contributed by atoms with E-state index in [1.165, 1.54) is 32.1 Å². The van der Waals surface area contributed by atoms with E-state index in [4.69, 9.17) is 5.73 Å². The maximum Gasteiger partial charge on any atom is 0.151 e. The third-order valence-corrected chi connectivity index (χ3v) is 5.32. The molecule has 17 heavy (non-hydrogen) atoms. The van der Waals surface area contributed by atoms with Gasteiger partial charge in [-0.05, 0) is 12.8 Å². The molecule has 1 rings (SSSR count). The number of nitrogens with two attached hydrogens (primary N) is 1. The third kappa shape index (κ3) is 5.36.